The maximum Gasteiger partial charge on any atom is 0.316 e. The predicted octanol–water partition coefficient (Wildman–Crippen LogP) is 4.83. The largest absolute Gasteiger partial charge is 0.465 e. The van der Waals surface area contributed by atoms with E-state index in [9.17, 15) is 19.7 Å². The first-order chi connectivity index (χ1) is 14.6. The normalized spacial score (nSPS) is 13.3. The zero-order valence-electron chi connectivity index (χ0n) is 18.1. The van der Waals surface area contributed by atoms with Crippen molar-refractivity contribution in [2.45, 2.75) is 45.8 Å². The van der Waals surface area contributed by atoms with E-state index in [-0.39, 0.29) is 24.3 Å². The van der Waals surface area contributed by atoms with Crippen LogP contribution in [0.3, 0.4) is 0 Å². The average molecular weight is 429 g/mol. The molecule has 0 heterocycles. The first-order valence-corrected chi connectivity index (χ1v) is 9.97. The number of benzene rings is 2. The van der Waals surface area contributed by atoms with Gasteiger partial charge in [-0.1, -0.05) is 30.3 Å². The number of hydrogen-bond donors (Lipinski definition) is 0. The molecule has 0 aromatic heterocycles. The van der Waals surface area contributed by atoms with Gasteiger partial charge in [-0.25, -0.2) is 9.78 Å². The summed E-state index contributed by atoms with van der Waals surface area (Å²) in [6, 6.07) is 14.2. The fourth-order valence-corrected chi connectivity index (χ4v) is 2.82. The minimum Gasteiger partial charge on any atom is -0.465 e. The van der Waals surface area contributed by atoms with Crippen LogP contribution in [0.1, 0.15) is 56.1 Å². The summed E-state index contributed by atoms with van der Waals surface area (Å²) < 4.78 is 5.13. The van der Waals surface area contributed by atoms with E-state index in [0.29, 0.717) is 0 Å². The minimum atomic E-state index is -1.17. The number of ether oxygens (including phenoxy) is 1. The van der Waals surface area contributed by atoms with E-state index in [1.807, 2.05) is 51.1 Å². The Kier molecular flexibility index (Phi) is 8.41. The van der Waals surface area contributed by atoms with E-state index in [0.717, 1.165) is 5.56 Å². The molecule has 0 fully saturated rings. The van der Waals surface area contributed by atoms with Crippen LogP contribution in [0.2, 0.25) is 0 Å². The highest BCUT2D eigenvalue weighted by molar-refractivity contribution is 6.08. The Balaban J connectivity index is 2.34. The molecule has 2 atom stereocenters. The summed E-state index contributed by atoms with van der Waals surface area (Å²) >= 11 is 0. The van der Waals surface area contributed by atoms with E-state index in [1.165, 1.54) is 24.3 Å². The summed E-state index contributed by atoms with van der Waals surface area (Å²) in [6.07, 6.45) is -0.730. The molecule has 0 spiro atoms. The molecule has 31 heavy (non-hydrogen) atoms. The molecule has 166 valence electrons. The summed E-state index contributed by atoms with van der Waals surface area (Å²) in [4.78, 5) is 47.2. The molecule has 0 saturated carbocycles. The Hall–Kier alpha value is -3.10. The molecule has 2 aromatic rings. The second kappa shape index (κ2) is 10.8. The molecular formula is C23H27NO7. The zero-order valence-corrected chi connectivity index (χ0v) is 18.1. The van der Waals surface area contributed by atoms with E-state index in [4.69, 9.17) is 14.5 Å². The lowest BCUT2D eigenvalue weighted by molar-refractivity contribution is -0.384. The second-order valence-corrected chi connectivity index (χ2v) is 7.90. The molecule has 0 aliphatic heterocycles. The van der Waals surface area contributed by atoms with Crippen LogP contribution in [0, 0.1) is 16.0 Å². The van der Waals surface area contributed by atoms with Gasteiger partial charge in [-0.15, -0.1) is 0 Å². The van der Waals surface area contributed by atoms with Crippen molar-refractivity contribution in [3.8, 4) is 0 Å². The molecule has 8 nitrogen and oxygen atoms in total. The number of nitro groups is 1. The van der Waals surface area contributed by atoms with Gasteiger partial charge in [-0.05, 0) is 45.4 Å². The van der Waals surface area contributed by atoms with Gasteiger partial charge in [0, 0.05) is 24.1 Å². The summed E-state index contributed by atoms with van der Waals surface area (Å²) in [5.74, 6) is -2.37. The summed E-state index contributed by atoms with van der Waals surface area (Å²) in [7, 11) is 0. The number of esters is 1. The molecule has 0 N–H and O–H groups in total. The molecule has 2 unspecified atom stereocenters. The fraction of sp³-hybridized carbons (Fsp3) is 0.391. The van der Waals surface area contributed by atoms with Crippen molar-refractivity contribution in [2.75, 3.05) is 6.61 Å². The van der Waals surface area contributed by atoms with Crippen LogP contribution in [-0.2, 0) is 19.3 Å². The number of nitrogens with zero attached hydrogens (tertiary/aromatic N) is 1. The summed E-state index contributed by atoms with van der Waals surface area (Å²) in [5.41, 5.74) is 0.160. The van der Waals surface area contributed by atoms with E-state index >= 15 is 0 Å². The summed E-state index contributed by atoms with van der Waals surface area (Å²) in [5, 5.41) is 10.9. The maximum absolute atomic E-state index is 13.1. The second-order valence-electron chi connectivity index (χ2n) is 7.90. The van der Waals surface area contributed by atoms with Crippen LogP contribution in [0.5, 0.6) is 0 Å². The lowest BCUT2D eigenvalue weighted by Crippen LogP contribution is -2.30. The highest BCUT2D eigenvalue weighted by atomic mass is 17.2. The quantitative estimate of drug-likeness (QED) is 0.133. The molecule has 0 bridgehead atoms. The first-order valence-electron chi connectivity index (χ1n) is 9.97. The molecule has 0 radical (unpaired) electrons. The Labute approximate surface area is 181 Å². The number of nitro benzene ring substituents is 1. The lowest BCUT2D eigenvalue weighted by atomic mass is 9.90. The Morgan fingerprint density at radius 3 is 2.16 bits per heavy atom. The third-order valence-corrected chi connectivity index (χ3v) is 4.29. The van der Waals surface area contributed by atoms with E-state index in [1.54, 1.807) is 6.92 Å². The average Bonchev–Trinajstić information content (AvgIpc) is 2.73. The summed E-state index contributed by atoms with van der Waals surface area (Å²) in [6.45, 7) is 7.22. The van der Waals surface area contributed by atoms with Gasteiger partial charge in [0.1, 0.15) is 12.0 Å². The van der Waals surface area contributed by atoms with Crippen molar-refractivity contribution in [3.05, 3.63) is 75.8 Å². The lowest BCUT2D eigenvalue weighted by Gasteiger charge is -2.25. The van der Waals surface area contributed by atoms with Gasteiger partial charge in [-0.3, -0.25) is 19.7 Å². The van der Waals surface area contributed by atoms with Gasteiger partial charge >= 0.3 is 5.97 Å². The van der Waals surface area contributed by atoms with Crippen molar-refractivity contribution < 1.29 is 29.0 Å². The first kappa shape index (κ1) is 24.2. The van der Waals surface area contributed by atoms with Crippen molar-refractivity contribution in [1.82, 2.24) is 0 Å². The SMILES string of the molecule is CCOC(=O)C(CC(OOC(C)(C)C)c1ccccc1)C(=O)c1ccc([N+](=O)[O-])cc1. The van der Waals surface area contributed by atoms with Gasteiger partial charge < -0.3 is 4.74 Å². The number of carbonyl (C=O) groups is 2. The predicted molar refractivity (Wildman–Crippen MR) is 113 cm³/mol. The van der Waals surface area contributed by atoms with E-state index in [2.05, 4.69) is 0 Å². The van der Waals surface area contributed by atoms with Crippen molar-refractivity contribution in [3.63, 3.8) is 0 Å². The molecule has 2 aromatic carbocycles. The molecule has 0 saturated heterocycles. The number of rotatable bonds is 10. The van der Waals surface area contributed by atoms with Crippen LogP contribution in [-0.4, -0.2) is 28.9 Å². The van der Waals surface area contributed by atoms with E-state index < -0.39 is 34.3 Å². The Morgan fingerprint density at radius 2 is 1.65 bits per heavy atom. The van der Waals surface area contributed by atoms with Crippen LogP contribution >= 0.6 is 0 Å². The zero-order chi connectivity index (χ0) is 23.0. The van der Waals surface area contributed by atoms with Gasteiger partial charge in [0.25, 0.3) is 5.69 Å². The van der Waals surface area contributed by atoms with Crippen LogP contribution in [0.25, 0.3) is 0 Å². The topological polar surface area (TPSA) is 105 Å². The number of hydrogen-bond acceptors (Lipinski definition) is 7. The number of ketones is 1. The van der Waals surface area contributed by atoms with Crippen molar-refractivity contribution in [1.29, 1.82) is 0 Å². The Bertz CT molecular complexity index is 888. The molecule has 0 aliphatic rings. The fourth-order valence-electron chi connectivity index (χ4n) is 2.82. The van der Waals surface area contributed by atoms with Crippen LogP contribution in [0.15, 0.2) is 54.6 Å². The van der Waals surface area contributed by atoms with Gasteiger partial charge in [0.05, 0.1) is 17.1 Å². The minimum absolute atomic E-state index is 0.0191. The molecule has 0 amide bonds. The maximum atomic E-state index is 13.1. The highest BCUT2D eigenvalue weighted by Crippen LogP contribution is 2.30. The van der Waals surface area contributed by atoms with Crippen molar-refractivity contribution >= 4 is 17.4 Å². The van der Waals surface area contributed by atoms with Crippen molar-refractivity contribution in [2.24, 2.45) is 5.92 Å². The van der Waals surface area contributed by atoms with Gasteiger partial charge in [0.2, 0.25) is 0 Å². The molecule has 8 heteroatoms. The third-order valence-electron chi connectivity index (χ3n) is 4.29. The van der Waals surface area contributed by atoms with Crippen LogP contribution < -0.4 is 0 Å². The monoisotopic (exact) mass is 429 g/mol. The molecule has 0 aliphatic carbocycles. The standard InChI is InChI=1S/C23H27NO7/c1-5-29-22(26)19(21(25)17-11-13-18(14-12-17)24(27)28)15-20(30-31-23(2,3)4)16-9-7-6-8-10-16/h6-14,19-20H,5,15H2,1-4H3. The van der Waals surface area contributed by atoms with Crippen LogP contribution in [0.4, 0.5) is 5.69 Å². The van der Waals surface area contributed by atoms with Gasteiger partial charge in [-0.2, -0.15) is 0 Å². The number of Topliss-reactive ketones (excluding diaryl/α,β-unsaturated/α-hetero) is 1. The third kappa shape index (κ3) is 7.27. The number of non-ortho nitro benzene ring substituents is 1. The van der Waals surface area contributed by atoms with Gasteiger partial charge in [0.15, 0.2) is 5.78 Å². The highest BCUT2D eigenvalue weighted by Gasteiger charge is 2.34. The molecular weight excluding hydrogens is 402 g/mol. The smallest absolute Gasteiger partial charge is 0.316 e. The molecule has 2 rings (SSSR count). The Morgan fingerprint density at radius 1 is 1.03 bits per heavy atom. The number of carbonyl (C=O) groups excluding carboxylic acids is 2.